The van der Waals surface area contributed by atoms with Gasteiger partial charge in [-0.05, 0) is 36.1 Å². The van der Waals surface area contributed by atoms with E-state index in [1.165, 1.54) is 5.56 Å². The molecule has 144 valence electrons. The van der Waals surface area contributed by atoms with E-state index in [0.29, 0.717) is 5.06 Å². The molecule has 4 rings (SSSR count). The maximum Gasteiger partial charge on any atom is 0.338 e. The van der Waals surface area contributed by atoms with E-state index >= 15 is 0 Å². The second kappa shape index (κ2) is 7.60. The number of hydrogen-bond acceptors (Lipinski definition) is 3. The fraction of sp³-hybridized carbons (Fsp3) is 0.304. The largest absolute Gasteiger partial charge is 0.350 e. The van der Waals surface area contributed by atoms with Crippen molar-refractivity contribution >= 4 is 16.9 Å². The molecule has 5 heteroatoms. The number of carbonyl (C=O) groups is 1. The van der Waals surface area contributed by atoms with Crippen molar-refractivity contribution in [3.05, 3.63) is 77.5 Å². The predicted molar refractivity (Wildman–Crippen MR) is 109 cm³/mol. The molecule has 3 N–H and O–H groups in total. The molecule has 0 radical (unpaired) electrons. The van der Waals surface area contributed by atoms with E-state index in [0.717, 1.165) is 54.3 Å². The van der Waals surface area contributed by atoms with Gasteiger partial charge < -0.3 is 5.73 Å². The molecule has 0 saturated heterocycles. The summed E-state index contributed by atoms with van der Waals surface area (Å²) in [6, 6.07) is 20.0. The van der Waals surface area contributed by atoms with Crippen LogP contribution in [0.5, 0.6) is 0 Å². The molecule has 5 nitrogen and oxygen atoms in total. The van der Waals surface area contributed by atoms with Crippen LogP contribution < -0.4 is 5.73 Å². The number of aromatic nitrogens is 1. The third-order valence-electron chi connectivity index (χ3n) is 5.88. The average molecular weight is 375 g/mol. The molecular formula is C23H25N3O2. The zero-order valence-electron chi connectivity index (χ0n) is 15.8. The first-order valence-corrected chi connectivity index (χ1v) is 9.76. The summed E-state index contributed by atoms with van der Waals surface area (Å²) in [5.41, 5.74) is 9.40. The maximum absolute atomic E-state index is 11.3. The van der Waals surface area contributed by atoms with Crippen LogP contribution in [0.3, 0.4) is 0 Å². The number of para-hydroxylation sites is 1. The predicted octanol–water partition coefficient (Wildman–Crippen LogP) is 4.41. The van der Waals surface area contributed by atoms with E-state index in [9.17, 15) is 10.0 Å². The lowest BCUT2D eigenvalue weighted by atomic mass is 9.78. The molecule has 1 aliphatic carbocycles. The van der Waals surface area contributed by atoms with Crippen molar-refractivity contribution in [1.29, 1.82) is 0 Å². The number of rotatable bonds is 5. The molecule has 28 heavy (non-hydrogen) atoms. The van der Waals surface area contributed by atoms with Crippen LogP contribution in [0.15, 0.2) is 60.7 Å². The summed E-state index contributed by atoms with van der Waals surface area (Å²) in [7, 11) is 0. The van der Waals surface area contributed by atoms with Crippen LogP contribution in [0.2, 0.25) is 0 Å². The quantitative estimate of drug-likeness (QED) is 0.512. The van der Waals surface area contributed by atoms with Gasteiger partial charge in [0.15, 0.2) is 0 Å². The first-order valence-electron chi connectivity index (χ1n) is 9.76. The number of primary amides is 1. The lowest BCUT2D eigenvalue weighted by Crippen LogP contribution is -2.43. The smallest absolute Gasteiger partial charge is 0.338 e. The van der Waals surface area contributed by atoms with Gasteiger partial charge >= 0.3 is 6.03 Å². The minimum Gasteiger partial charge on any atom is -0.350 e. The highest BCUT2D eigenvalue weighted by molar-refractivity contribution is 5.78. The molecule has 3 aromatic rings. The van der Waals surface area contributed by atoms with E-state index in [2.05, 4.69) is 42.5 Å². The highest BCUT2D eigenvalue weighted by atomic mass is 16.5. The summed E-state index contributed by atoms with van der Waals surface area (Å²) < 4.78 is 0. The molecule has 0 spiro atoms. The van der Waals surface area contributed by atoms with Crippen molar-refractivity contribution in [2.45, 2.75) is 37.5 Å². The summed E-state index contributed by atoms with van der Waals surface area (Å²) >= 11 is 0. The van der Waals surface area contributed by atoms with Crippen LogP contribution in [0.1, 0.15) is 42.5 Å². The summed E-state index contributed by atoms with van der Waals surface area (Å²) in [6.45, 7) is 0.244. The second-order valence-electron chi connectivity index (χ2n) is 7.75. The van der Waals surface area contributed by atoms with Gasteiger partial charge in [-0.1, -0.05) is 61.4 Å². The van der Waals surface area contributed by atoms with Crippen LogP contribution in [0.4, 0.5) is 4.79 Å². The second-order valence-corrected chi connectivity index (χ2v) is 7.75. The number of benzene rings is 2. The van der Waals surface area contributed by atoms with Gasteiger partial charge in [-0.3, -0.25) is 10.2 Å². The van der Waals surface area contributed by atoms with Crippen molar-refractivity contribution in [3.63, 3.8) is 0 Å². The Kier molecular flexibility index (Phi) is 5.01. The molecule has 0 bridgehead atoms. The number of hydrogen-bond donors (Lipinski definition) is 2. The van der Waals surface area contributed by atoms with E-state index < -0.39 is 6.03 Å². The Morgan fingerprint density at radius 1 is 1.04 bits per heavy atom. The number of nitrogens with two attached hydrogens (primary N) is 1. The topological polar surface area (TPSA) is 79.5 Å². The lowest BCUT2D eigenvalue weighted by Gasteiger charge is -2.32. The van der Waals surface area contributed by atoms with Crippen molar-refractivity contribution in [2.75, 3.05) is 6.54 Å². The Bertz CT molecular complexity index is 979. The Labute approximate surface area is 164 Å². The fourth-order valence-corrected chi connectivity index (χ4v) is 4.35. The number of amides is 2. The molecule has 1 heterocycles. The molecule has 1 aliphatic rings. The number of nitrogens with zero attached hydrogens (tertiary/aromatic N) is 2. The Balaban J connectivity index is 1.54. The van der Waals surface area contributed by atoms with Crippen LogP contribution in [0.25, 0.3) is 10.9 Å². The van der Waals surface area contributed by atoms with E-state index in [-0.39, 0.29) is 12.0 Å². The number of fused-ring (bicyclic) bond motifs is 1. The minimum atomic E-state index is -0.801. The maximum atomic E-state index is 11.3. The standard InChI is InChI=1S/C23H25N3O2/c24-22(27)26(28)16-23(13-3-4-14-23)19-10-7-17(8-11-19)15-20-12-9-18-5-1-2-6-21(18)25-20/h1-2,5-12,28H,3-4,13-16H2,(H2,24,27). The molecule has 0 unspecified atom stereocenters. The van der Waals surface area contributed by atoms with Gasteiger partial charge in [-0.25, -0.2) is 9.86 Å². The van der Waals surface area contributed by atoms with Crippen molar-refractivity contribution in [3.8, 4) is 0 Å². The molecular weight excluding hydrogens is 350 g/mol. The first kappa shape index (κ1) is 18.4. The third kappa shape index (κ3) is 3.71. The summed E-state index contributed by atoms with van der Waals surface area (Å²) in [4.78, 5) is 16.1. The number of pyridine rings is 1. The summed E-state index contributed by atoms with van der Waals surface area (Å²) in [5, 5.41) is 11.7. The van der Waals surface area contributed by atoms with Gasteiger partial charge in [-0.15, -0.1) is 0 Å². The lowest BCUT2D eigenvalue weighted by molar-refractivity contribution is -0.0554. The van der Waals surface area contributed by atoms with E-state index in [4.69, 9.17) is 10.7 Å². The zero-order valence-corrected chi connectivity index (χ0v) is 15.8. The van der Waals surface area contributed by atoms with E-state index in [1.807, 2.05) is 18.2 Å². The van der Waals surface area contributed by atoms with Crippen LogP contribution in [0, 0.1) is 0 Å². The third-order valence-corrected chi connectivity index (χ3v) is 5.88. The monoisotopic (exact) mass is 375 g/mol. The zero-order chi connectivity index (χ0) is 19.6. The van der Waals surface area contributed by atoms with Gasteiger partial charge in [0.2, 0.25) is 0 Å². The summed E-state index contributed by atoms with van der Waals surface area (Å²) in [6.07, 6.45) is 4.85. The molecule has 0 atom stereocenters. The molecule has 2 aromatic carbocycles. The van der Waals surface area contributed by atoms with Crippen molar-refractivity contribution < 1.29 is 10.0 Å². The fourth-order valence-electron chi connectivity index (χ4n) is 4.35. The van der Waals surface area contributed by atoms with Gasteiger partial charge in [0, 0.05) is 22.9 Å². The van der Waals surface area contributed by atoms with Crippen LogP contribution in [-0.2, 0) is 11.8 Å². The SMILES string of the molecule is NC(=O)N(O)CC1(c2ccc(Cc3ccc4ccccc4n3)cc2)CCCC1. The minimum absolute atomic E-state index is 0.219. The Hall–Kier alpha value is -2.92. The Morgan fingerprint density at radius 2 is 1.75 bits per heavy atom. The van der Waals surface area contributed by atoms with Crippen molar-refractivity contribution in [1.82, 2.24) is 10.0 Å². The van der Waals surface area contributed by atoms with E-state index in [1.54, 1.807) is 0 Å². The summed E-state index contributed by atoms with van der Waals surface area (Å²) in [5.74, 6) is 0. The number of hydroxylamine groups is 2. The highest BCUT2D eigenvalue weighted by Gasteiger charge is 2.38. The highest BCUT2D eigenvalue weighted by Crippen LogP contribution is 2.41. The first-order chi connectivity index (χ1) is 13.6. The molecule has 0 aliphatic heterocycles. The molecule has 1 saturated carbocycles. The number of carbonyl (C=O) groups excluding carboxylic acids is 1. The van der Waals surface area contributed by atoms with Gasteiger partial charge in [0.25, 0.3) is 0 Å². The van der Waals surface area contributed by atoms with Gasteiger partial charge in [0.1, 0.15) is 0 Å². The number of urea groups is 1. The Morgan fingerprint density at radius 3 is 2.46 bits per heavy atom. The molecule has 1 fully saturated rings. The van der Waals surface area contributed by atoms with Crippen LogP contribution in [-0.4, -0.2) is 27.8 Å². The molecule has 1 aromatic heterocycles. The van der Waals surface area contributed by atoms with Crippen LogP contribution >= 0.6 is 0 Å². The van der Waals surface area contributed by atoms with Crippen molar-refractivity contribution in [2.24, 2.45) is 5.73 Å². The van der Waals surface area contributed by atoms with Gasteiger partial charge in [-0.2, -0.15) is 0 Å². The average Bonchev–Trinajstić information content (AvgIpc) is 3.18. The normalized spacial score (nSPS) is 15.6. The molecule has 2 amide bonds. The van der Waals surface area contributed by atoms with Gasteiger partial charge in [0.05, 0.1) is 12.1 Å².